The number of rotatable bonds is 9. The summed E-state index contributed by atoms with van der Waals surface area (Å²) in [4.78, 5) is 0. The van der Waals surface area contributed by atoms with Gasteiger partial charge in [0.2, 0.25) is 0 Å². The maximum absolute atomic E-state index is 5.95. The molecule has 0 saturated carbocycles. The van der Waals surface area contributed by atoms with Gasteiger partial charge in [0, 0.05) is 12.7 Å². The first-order chi connectivity index (χ1) is 11.2. The quantitative estimate of drug-likeness (QED) is 0.772. The van der Waals surface area contributed by atoms with Gasteiger partial charge in [-0.3, -0.25) is 0 Å². The maximum atomic E-state index is 5.95. The monoisotopic (exact) mass is 316 g/mol. The van der Waals surface area contributed by atoms with Crippen LogP contribution in [0, 0.1) is 0 Å². The van der Waals surface area contributed by atoms with Crippen LogP contribution >= 0.6 is 0 Å². The fourth-order valence-electron chi connectivity index (χ4n) is 2.36. The highest BCUT2D eigenvalue weighted by Crippen LogP contribution is 2.28. The van der Waals surface area contributed by atoms with E-state index in [9.17, 15) is 0 Å². The zero-order valence-corrected chi connectivity index (χ0v) is 14.1. The van der Waals surface area contributed by atoms with E-state index in [0.29, 0.717) is 12.6 Å². The zero-order chi connectivity index (χ0) is 16.5. The van der Waals surface area contributed by atoms with Crippen molar-refractivity contribution in [3.63, 3.8) is 0 Å². The minimum absolute atomic E-state index is 0.427. The Bertz CT molecular complexity index is 586. The van der Waals surface area contributed by atoms with Gasteiger partial charge in [-0.1, -0.05) is 30.3 Å². The van der Waals surface area contributed by atoms with Crippen LogP contribution in [0.1, 0.15) is 18.1 Å². The van der Waals surface area contributed by atoms with Gasteiger partial charge < -0.3 is 19.5 Å². The van der Waals surface area contributed by atoms with E-state index in [2.05, 4.69) is 36.5 Å². The summed E-state index contributed by atoms with van der Waals surface area (Å²) in [6.45, 7) is 4.31. The van der Waals surface area contributed by atoms with Crippen LogP contribution in [0.15, 0.2) is 48.5 Å². The van der Waals surface area contributed by atoms with Crippen LogP contribution in [0.2, 0.25) is 0 Å². The number of nitrogens with two attached hydrogens (primary N) is 1. The van der Waals surface area contributed by atoms with Crippen molar-refractivity contribution in [2.45, 2.75) is 26.1 Å². The van der Waals surface area contributed by atoms with Gasteiger partial charge >= 0.3 is 0 Å². The molecule has 0 heterocycles. The van der Waals surface area contributed by atoms with E-state index in [4.69, 9.17) is 14.2 Å². The molecule has 2 rings (SSSR count). The summed E-state index contributed by atoms with van der Waals surface area (Å²) in [5.74, 6) is 1.54. The largest absolute Gasteiger partial charge is 0.493 e. The highest BCUT2D eigenvalue weighted by Gasteiger charge is 2.09. The van der Waals surface area contributed by atoms with Crippen molar-refractivity contribution >= 4 is 0 Å². The number of ether oxygens (including phenoxy) is 3. The SMILES string of the molecule is COC[C@H](C)[NH2+]Cc1ccc(OC)c(OCc2ccccc2)c1. The highest BCUT2D eigenvalue weighted by atomic mass is 16.5. The van der Waals surface area contributed by atoms with Crippen molar-refractivity contribution in [2.24, 2.45) is 0 Å². The molecular weight excluding hydrogens is 290 g/mol. The lowest BCUT2D eigenvalue weighted by Gasteiger charge is -2.13. The fraction of sp³-hybridized carbons (Fsp3) is 0.368. The molecule has 0 aliphatic heterocycles. The summed E-state index contributed by atoms with van der Waals surface area (Å²) < 4.78 is 16.5. The van der Waals surface area contributed by atoms with Crippen molar-refractivity contribution in [3.8, 4) is 11.5 Å². The molecule has 2 N–H and O–H groups in total. The minimum Gasteiger partial charge on any atom is -0.493 e. The van der Waals surface area contributed by atoms with Crippen molar-refractivity contribution in [2.75, 3.05) is 20.8 Å². The Morgan fingerprint density at radius 2 is 1.74 bits per heavy atom. The normalized spacial score (nSPS) is 12.0. The van der Waals surface area contributed by atoms with Crippen molar-refractivity contribution < 1.29 is 19.5 Å². The molecule has 124 valence electrons. The molecule has 2 aromatic rings. The summed E-state index contributed by atoms with van der Waals surface area (Å²) in [6, 6.07) is 16.6. The molecule has 0 aliphatic rings. The lowest BCUT2D eigenvalue weighted by molar-refractivity contribution is -0.702. The molecule has 0 unspecified atom stereocenters. The summed E-state index contributed by atoms with van der Waals surface area (Å²) >= 11 is 0. The van der Waals surface area contributed by atoms with Gasteiger partial charge in [-0.05, 0) is 30.7 Å². The first-order valence-electron chi connectivity index (χ1n) is 7.89. The van der Waals surface area contributed by atoms with Crippen LogP contribution in [0.4, 0.5) is 0 Å². The van der Waals surface area contributed by atoms with Crippen LogP contribution in [-0.4, -0.2) is 26.9 Å². The number of hydrogen-bond acceptors (Lipinski definition) is 3. The molecule has 0 radical (unpaired) electrons. The topological polar surface area (TPSA) is 44.3 Å². The predicted octanol–water partition coefficient (Wildman–Crippen LogP) is 2.37. The summed E-state index contributed by atoms with van der Waals surface area (Å²) in [5, 5.41) is 2.26. The molecule has 4 nitrogen and oxygen atoms in total. The van der Waals surface area contributed by atoms with Crippen LogP contribution in [0.5, 0.6) is 11.5 Å². The molecule has 0 saturated heterocycles. The van der Waals surface area contributed by atoms with Crippen molar-refractivity contribution in [3.05, 3.63) is 59.7 Å². The second-order valence-corrected chi connectivity index (χ2v) is 5.63. The van der Waals surface area contributed by atoms with Gasteiger partial charge in [-0.25, -0.2) is 0 Å². The lowest BCUT2D eigenvalue weighted by Crippen LogP contribution is -2.88. The van der Waals surface area contributed by atoms with Gasteiger partial charge in [0.15, 0.2) is 11.5 Å². The Labute approximate surface area is 138 Å². The van der Waals surface area contributed by atoms with Crippen LogP contribution < -0.4 is 14.8 Å². The van der Waals surface area contributed by atoms with E-state index in [1.807, 2.05) is 24.3 Å². The first kappa shape index (κ1) is 17.3. The van der Waals surface area contributed by atoms with E-state index >= 15 is 0 Å². The second kappa shape index (κ2) is 9.18. The molecule has 0 bridgehead atoms. The maximum Gasteiger partial charge on any atom is 0.162 e. The van der Waals surface area contributed by atoms with E-state index in [-0.39, 0.29) is 0 Å². The average Bonchev–Trinajstić information content (AvgIpc) is 2.59. The Hall–Kier alpha value is -2.04. The standard InChI is InChI=1S/C19H25NO3/c1-15(13-21-2)20-12-17-9-10-18(22-3)19(11-17)23-14-16-7-5-4-6-8-16/h4-11,15,20H,12-14H2,1-3H3/p+1/t15-/m0/s1. The lowest BCUT2D eigenvalue weighted by atomic mass is 10.2. The van der Waals surface area contributed by atoms with Crippen molar-refractivity contribution in [1.29, 1.82) is 0 Å². The Morgan fingerprint density at radius 3 is 2.43 bits per heavy atom. The number of hydrogen-bond donors (Lipinski definition) is 1. The molecule has 0 aliphatic carbocycles. The number of methoxy groups -OCH3 is 2. The van der Waals surface area contributed by atoms with Gasteiger partial charge in [-0.15, -0.1) is 0 Å². The van der Waals surface area contributed by atoms with Gasteiger partial charge in [-0.2, -0.15) is 0 Å². The fourth-order valence-corrected chi connectivity index (χ4v) is 2.36. The molecule has 0 amide bonds. The Morgan fingerprint density at radius 1 is 0.957 bits per heavy atom. The minimum atomic E-state index is 0.427. The number of quaternary nitrogens is 1. The highest BCUT2D eigenvalue weighted by molar-refractivity contribution is 5.42. The molecule has 1 atom stereocenters. The molecule has 0 spiro atoms. The number of benzene rings is 2. The molecular formula is C19H26NO3+. The van der Waals surface area contributed by atoms with Crippen molar-refractivity contribution in [1.82, 2.24) is 0 Å². The summed E-state index contributed by atoms with van der Waals surface area (Å²) in [6.07, 6.45) is 0. The third-order valence-electron chi connectivity index (χ3n) is 3.65. The van der Waals surface area contributed by atoms with Gasteiger partial charge in [0.25, 0.3) is 0 Å². The zero-order valence-electron chi connectivity index (χ0n) is 14.1. The second-order valence-electron chi connectivity index (χ2n) is 5.63. The Balaban J connectivity index is 2.00. The summed E-state index contributed by atoms with van der Waals surface area (Å²) in [7, 11) is 3.39. The molecule has 4 heteroatoms. The smallest absolute Gasteiger partial charge is 0.162 e. The summed E-state index contributed by atoms with van der Waals surface area (Å²) in [5.41, 5.74) is 2.34. The van der Waals surface area contributed by atoms with E-state index < -0.39 is 0 Å². The Kier molecular flexibility index (Phi) is 6.91. The van der Waals surface area contributed by atoms with E-state index in [1.54, 1.807) is 14.2 Å². The third kappa shape index (κ3) is 5.58. The van der Waals surface area contributed by atoms with E-state index in [1.165, 1.54) is 5.56 Å². The molecule has 2 aromatic carbocycles. The third-order valence-corrected chi connectivity index (χ3v) is 3.65. The van der Waals surface area contributed by atoms with Crippen LogP contribution in [-0.2, 0) is 17.9 Å². The van der Waals surface area contributed by atoms with Crippen LogP contribution in [0.3, 0.4) is 0 Å². The first-order valence-corrected chi connectivity index (χ1v) is 7.89. The predicted molar refractivity (Wildman–Crippen MR) is 90.7 cm³/mol. The van der Waals surface area contributed by atoms with Gasteiger partial charge in [0.1, 0.15) is 19.2 Å². The molecule has 0 fully saturated rings. The van der Waals surface area contributed by atoms with E-state index in [0.717, 1.165) is 30.2 Å². The van der Waals surface area contributed by atoms with Crippen LogP contribution in [0.25, 0.3) is 0 Å². The molecule has 0 aromatic heterocycles. The van der Waals surface area contributed by atoms with Gasteiger partial charge in [0.05, 0.1) is 13.7 Å². The molecule has 23 heavy (non-hydrogen) atoms. The average molecular weight is 316 g/mol.